The SMILES string of the molecule is CN1C(=O)C(F)(F)c2cc([N+](=O)[O-])ccc21.O=C1Nc2ccc([N+](=O)[O-])cc2C1(F)F. The predicted octanol–water partition coefficient (Wildman–Crippen LogP) is 3.30. The Morgan fingerprint density at radius 1 is 0.871 bits per heavy atom. The van der Waals surface area contributed by atoms with Gasteiger partial charge >= 0.3 is 17.8 Å². The molecule has 0 atom stereocenters. The van der Waals surface area contributed by atoms with E-state index >= 15 is 0 Å². The monoisotopic (exact) mass is 442 g/mol. The molecule has 14 heteroatoms. The molecule has 2 amide bonds. The first-order valence-corrected chi connectivity index (χ1v) is 8.21. The van der Waals surface area contributed by atoms with Crippen LogP contribution in [0.3, 0.4) is 0 Å². The highest BCUT2D eigenvalue weighted by atomic mass is 19.3. The fourth-order valence-corrected chi connectivity index (χ4v) is 2.95. The van der Waals surface area contributed by atoms with Crippen molar-refractivity contribution in [2.24, 2.45) is 0 Å². The van der Waals surface area contributed by atoms with E-state index < -0.39 is 56.0 Å². The van der Waals surface area contributed by atoms with Crippen molar-refractivity contribution in [1.82, 2.24) is 0 Å². The molecule has 0 aliphatic carbocycles. The molecule has 4 rings (SSSR count). The van der Waals surface area contributed by atoms with Gasteiger partial charge in [-0.2, -0.15) is 17.6 Å². The third-order valence-electron chi connectivity index (χ3n) is 4.55. The molecule has 0 unspecified atom stereocenters. The van der Waals surface area contributed by atoms with Crippen molar-refractivity contribution in [2.75, 3.05) is 17.3 Å². The lowest BCUT2D eigenvalue weighted by molar-refractivity contribution is -0.385. The highest BCUT2D eigenvalue weighted by molar-refractivity contribution is 6.05. The number of fused-ring (bicyclic) bond motifs is 2. The van der Waals surface area contributed by atoms with Crippen molar-refractivity contribution in [3.05, 3.63) is 67.8 Å². The van der Waals surface area contributed by atoms with Crippen LogP contribution in [0.2, 0.25) is 0 Å². The molecule has 2 aliphatic rings. The summed E-state index contributed by atoms with van der Waals surface area (Å²) in [6.07, 6.45) is 0. The second-order valence-electron chi connectivity index (χ2n) is 6.41. The van der Waals surface area contributed by atoms with Gasteiger partial charge in [0, 0.05) is 31.3 Å². The number of rotatable bonds is 2. The maximum Gasteiger partial charge on any atom is 0.352 e. The van der Waals surface area contributed by atoms with E-state index in [1.165, 1.54) is 7.05 Å². The van der Waals surface area contributed by atoms with Crippen LogP contribution in [0.5, 0.6) is 0 Å². The number of likely N-dealkylation sites (N-methyl/N-ethyl adjacent to an activating group) is 1. The zero-order valence-corrected chi connectivity index (χ0v) is 15.3. The summed E-state index contributed by atoms with van der Waals surface area (Å²) in [7, 11) is 1.20. The zero-order valence-electron chi connectivity index (χ0n) is 15.3. The Kier molecular flexibility index (Phi) is 4.88. The van der Waals surface area contributed by atoms with Gasteiger partial charge in [-0.25, -0.2) is 0 Å². The summed E-state index contributed by atoms with van der Waals surface area (Å²) in [6, 6.07) is 5.81. The van der Waals surface area contributed by atoms with E-state index in [2.05, 4.69) is 0 Å². The van der Waals surface area contributed by atoms with E-state index in [0.29, 0.717) is 6.07 Å². The normalized spacial score (nSPS) is 17.3. The van der Waals surface area contributed by atoms with Crippen LogP contribution in [-0.2, 0) is 21.4 Å². The molecule has 2 aromatic carbocycles. The van der Waals surface area contributed by atoms with Crippen LogP contribution in [0.25, 0.3) is 0 Å². The van der Waals surface area contributed by atoms with Crippen molar-refractivity contribution in [1.29, 1.82) is 0 Å². The van der Waals surface area contributed by atoms with Gasteiger partial charge < -0.3 is 10.2 Å². The molecule has 2 aliphatic heterocycles. The molecule has 0 aromatic heterocycles. The number of benzene rings is 2. The molecular formula is C17H10F4N4O6. The van der Waals surface area contributed by atoms with Gasteiger partial charge in [0.05, 0.1) is 32.3 Å². The van der Waals surface area contributed by atoms with Crippen molar-refractivity contribution >= 4 is 34.6 Å². The van der Waals surface area contributed by atoms with Crippen LogP contribution in [0.4, 0.5) is 40.3 Å². The lowest BCUT2D eigenvalue weighted by Crippen LogP contribution is -2.31. The Hall–Kier alpha value is -4.10. The van der Waals surface area contributed by atoms with Crippen LogP contribution in [0.15, 0.2) is 36.4 Å². The van der Waals surface area contributed by atoms with Gasteiger partial charge in [0.2, 0.25) is 0 Å². The summed E-state index contributed by atoms with van der Waals surface area (Å²) in [5, 5.41) is 22.7. The Morgan fingerprint density at radius 2 is 1.39 bits per heavy atom. The zero-order chi connectivity index (χ0) is 23.3. The van der Waals surface area contributed by atoms with Crippen LogP contribution in [0.1, 0.15) is 11.1 Å². The van der Waals surface area contributed by atoms with E-state index in [4.69, 9.17) is 0 Å². The number of nitro groups is 2. The van der Waals surface area contributed by atoms with Crippen molar-refractivity contribution in [3.8, 4) is 0 Å². The first-order chi connectivity index (χ1) is 14.3. The number of hydrogen-bond acceptors (Lipinski definition) is 6. The van der Waals surface area contributed by atoms with Crippen LogP contribution < -0.4 is 10.2 Å². The molecule has 0 radical (unpaired) electrons. The number of halogens is 4. The molecule has 0 fully saturated rings. The van der Waals surface area contributed by atoms with Gasteiger partial charge in [0.25, 0.3) is 17.3 Å². The van der Waals surface area contributed by atoms with Gasteiger partial charge in [-0.3, -0.25) is 29.8 Å². The minimum Gasteiger partial charge on any atom is -0.320 e. The molecular weight excluding hydrogens is 432 g/mol. The molecule has 0 saturated heterocycles. The number of hydrogen-bond donors (Lipinski definition) is 1. The number of carbonyl (C=O) groups is 2. The van der Waals surface area contributed by atoms with Crippen molar-refractivity contribution in [3.63, 3.8) is 0 Å². The van der Waals surface area contributed by atoms with Gasteiger partial charge in [-0.05, 0) is 12.1 Å². The first kappa shape index (κ1) is 21.6. The Bertz CT molecular complexity index is 1150. The van der Waals surface area contributed by atoms with Gasteiger partial charge in [0.1, 0.15) is 0 Å². The fraction of sp³-hybridized carbons (Fsp3) is 0.176. The minimum atomic E-state index is -3.69. The largest absolute Gasteiger partial charge is 0.352 e. The minimum absolute atomic E-state index is 0.000556. The molecule has 0 spiro atoms. The quantitative estimate of drug-likeness (QED) is 0.431. The summed E-state index contributed by atoms with van der Waals surface area (Å²) in [4.78, 5) is 42.0. The maximum atomic E-state index is 13.4. The fourth-order valence-electron chi connectivity index (χ4n) is 2.95. The number of non-ortho nitro benzene ring substituents is 2. The second-order valence-corrected chi connectivity index (χ2v) is 6.41. The standard InChI is InChI=1S/C9H6F2N2O3.C8H4F2N2O3/c1-12-7-3-2-5(13(15)16)4-6(7)9(10,11)8(12)14;9-8(10)5-3-4(12(14)15)1-2-6(5)11-7(8)13/h2-4H,1H3;1-3H,(H,11,13). The van der Waals surface area contributed by atoms with Crippen molar-refractivity contribution in [2.45, 2.75) is 11.8 Å². The van der Waals surface area contributed by atoms with Gasteiger partial charge in [0.15, 0.2) is 0 Å². The topological polar surface area (TPSA) is 136 Å². The molecule has 162 valence electrons. The van der Waals surface area contributed by atoms with E-state index in [1.54, 1.807) is 0 Å². The molecule has 31 heavy (non-hydrogen) atoms. The highest BCUT2D eigenvalue weighted by Gasteiger charge is 2.52. The summed E-state index contributed by atoms with van der Waals surface area (Å²) >= 11 is 0. The Balaban J connectivity index is 0.000000176. The first-order valence-electron chi connectivity index (χ1n) is 8.21. The number of amides is 2. The smallest absolute Gasteiger partial charge is 0.320 e. The van der Waals surface area contributed by atoms with E-state index in [-0.39, 0.29) is 11.4 Å². The molecule has 10 nitrogen and oxygen atoms in total. The summed E-state index contributed by atoms with van der Waals surface area (Å²) in [6.45, 7) is 0. The number of nitro benzene ring substituents is 2. The predicted molar refractivity (Wildman–Crippen MR) is 96.0 cm³/mol. The molecule has 0 saturated carbocycles. The van der Waals surface area contributed by atoms with Crippen molar-refractivity contribution < 1.29 is 37.0 Å². The lowest BCUT2D eigenvalue weighted by atomic mass is 10.1. The maximum absolute atomic E-state index is 13.4. The third-order valence-corrected chi connectivity index (χ3v) is 4.55. The second kappa shape index (κ2) is 7.00. The van der Waals surface area contributed by atoms with E-state index in [9.17, 15) is 47.4 Å². The number of carbonyl (C=O) groups excluding carboxylic acids is 2. The number of alkyl halides is 4. The van der Waals surface area contributed by atoms with Gasteiger partial charge in [-0.1, -0.05) is 0 Å². The van der Waals surface area contributed by atoms with E-state index in [0.717, 1.165) is 35.2 Å². The van der Waals surface area contributed by atoms with Crippen LogP contribution in [-0.4, -0.2) is 28.7 Å². The summed E-state index contributed by atoms with van der Waals surface area (Å²) in [5.74, 6) is -10.2. The number of nitrogens with zero attached hydrogens (tertiary/aromatic N) is 3. The summed E-state index contributed by atoms with van der Waals surface area (Å²) in [5.41, 5.74) is -2.28. The average molecular weight is 442 g/mol. The Labute approximate surface area is 169 Å². The van der Waals surface area contributed by atoms with Gasteiger partial charge in [-0.15, -0.1) is 0 Å². The van der Waals surface area contributed by atoms with Crippen LogP contribution in [0, 0.1) is 20.2 Å². The van der Waals surface area contributed by atoms with Crippen LogP contribution >= 0.6 is 0 Å². The molecule has 0 bridgehead atoms. The third kappa shape index (κ3) is 3.41. The lowest BCUT2D eigenvalue weighted by Gasteiger charge is -2.08. The van der Waals surface area contributed by atoms with E-state index in [1.807, 2.05) is 5.32 Å². The number of anilines is 2. The molecule has 2 aromatic rings. The average Bonchev–Trinajstić information content (AvgIpc) is 3.03. The highest BCUT2D eigenvalue weighted by Crippen LogP contribution is 2.45. The summed E-state index contributed by atoms with van der Waals surface area (Å²) < 4.78 is 53.1. The molecule has 2 heterocycles. The number of nitrogens with one attached hydrogen (secondary N) is 1. The Morgan fingerprint density at radius 3 is 1.94 bits per heavy atom. The molecule has 1 N–H and O–H groups in total.